The van der Waals surface area contributed by atoms with Crippen LogP contribution in [0.3, 0.4) is 0 Å². The standard InChI is InChI=1S/C16H16ClN3O2S/c1-3-20(12(2)13-5-4-8-19-11-13)23(21,22)16-7-6-15(17)9-14(16)10-18/h4-9,11-12H,3H2,1-2H3. The summed E-state index contributed by atoms with van der Waals surface area (Å²) < 4.78 is 27.3. The van der Waals surface area contributed by atoms with Gasteiger partial charge >= 0.3 is 0 Å². The minimum Gasteiger partial charge on any atom is -0.264 e. The molecule has 0 radical (unpaired) electrons. The van der Waals surface area contributed by atoms with E-state index in [1.165, 1.54) is 22.5 Å². The first-order chi connectivity index (χ1) is 10.9. The van der Waals surface area contributed by atoms with E-state index < -0.39 is 16.1 Å². The zero-order valence-electron chi connectivity index (χ0n) is 12.8. The second-order valence-electron chi connectivity index (χ2n) is 4.92. The second-order valence-corrected chi connectivity index (χ2v) is 7.22. The molecule has 0 spiro atoms. The van der Waals surface area contributed by atoms with Crippen molar-refractivity contribution in [3.8, 4) is 6.07 Å². The highest BCUT2D eigenvalue weighted by molar-refractivity contribution is 7.89. The Balaban J connectivity index is 2.51. The molecule has 0 amide bonds. The number of aromatic nitrogens is 1. The van der Waals surface area contributed by atoms with E-state index in [9.17, 15) is 13.7 Å². The van der Waals surface area contributed by atoms with Crippen LogP contribution in [0.15, 0.2) is 47.6 Å². The second kappa shape index (κ2) is 7.09. The number of pyridine rings is 1. The van der Waals surface area contributed by atoms with Crippen LogP contribution in [-0.2, 0) is 10.0 Å². The lowest BCUT2D eigenvalue weighted by molar-refractivity contribution is 0.356. The SMILES string of the molecule is CCN(C(C)c1cccnc1)S(=O)(=O)c1ccc(Cl)cc1C#N. The molecule has 1 aromatic heterocycles. The molecule has 0 saturated carbocycles. The molecule has 1 unspecified atom stereocenters. The number of halogens is 1. The summed E-state index contributed by atoms with van der Waals surface area (Å²) in [5.41, 5.74) is 0.819. The zero-order valence-corrected chi connectivity index (χ0v) is 14.3. The lowest BCUT2D eigenvalue weighted by atomic mass is 10.1. The van der Waals surface area contributed by atoms with E-state index in [-0.39, 0.29) is 17.0 Å². The van der Waals surface area contributed by atoms with E-state index in [1.807, 2.05) is 12.1 Å². The third-order valence-electron chi connectivity index (χ3n) is 3.56. The Labute approximate surface area is 141 Å². The molecule has 5 nitrogen and oxygen atoms in total. The molecule has 7 heteroatoms. The number of hydrogen-bond acceptors (Lipinski definition) is 4. The summed E-state index contributed by atoms with van der Waals surface area (Å²) in [5.74, 6) is 0. The molecule has 120 valence electrons. The van der Waals surface area contributed by atoms with Crippen LogP contribution in [0.2, 0.25) is 5.02 Å². The van der Waals surface area contributed by atoms with Crippen molar-refractivity contribution in [1.82, 2.24) is 9.29 Å². The molecule has 1 aromatic carbocycles. The van der Waals surface area contributed by atoms with Crippen LogP contribution >= 0.6 is 11.6 Å². The van der Waals surface area contributed by atoms with Crippen molar-refractivity contribution in [1.29, 1.82) is 5.26 Å². The molecule has 0 aliphatic carbocycles. The number of sulfonamides is 1. The van der Waals surface area contributed by atoms with Gasteiger partial charge in [0.15, 0.2) is 0 Å². The first-order valence-corrected chi connectivity index (χ1v) is 8.85. The Morgan fingerprint density at radius 2 is 2.13 bits per heavy atom. The summed E-state index contributed by atoms with van der Waals surface area (Å²) in [5, 5.41) is 9.54. The Morgan fingerprint density at radius 1 is 1.39 bits per heavy atom. The Bertz CT molecular complexity index is 832. The zero-order chi connectivity index (χ0) is 17.0. The minimum atomic E-state index is -3.83. The third-order valence-corrected chi connectivity index (χ3v) is 5.90. The summed E-state index contributed by atoms with van der Waals surface area (Å²) in [6.45, 7) is 3.82. The van der Waals surface area contributed by atoms with Gasteiger partial charge in [0.05, 0.1) is 5.56 Å². The molecule has 0 N–H and O–H groups in total. The maximum absolute atomic E-state index is 13.0. The van der Waals surface area contributed by atoms with Gasteiger partial charge in [0.1, 0.15) is 11.0 Å². The molecule has 0 aliphatic heterocycles. The van der Waals surface area contributed by atoms with Crippen molar-refractivity contribution in [3.63, 3.8) is 0 Å². The summed E-state index contributed by atoms with van der Waals surface area (Å²) >= 11 is 5.85. The van der Waals surface area contributed by atoms with Gasteiger partial charge in [-0.25, -0.2) is 8.42 Å². The van der Waals surface area contributed by atoms with Gasteiger partial charge in [0.2, 0.25) is 10.0 Å². The summed E-state index contributed by atoms with van der Waals surface area (Å²) in [6.07, 6.45) is 3.27. The van der Waals surface area contributed by atoms with Crippen LogP contribution in [0.5, 0.6) is 0 Å². The van der Waals surface area contributed by atoms with Crippen molar-refractivity contribution in [3.05, 3.63) is 58.9 Å². The minimum absolute atomic E-state index is 0.0364. The highest BCUT2D eigenvalue weighted by atomic mass is 35.5. The van der Waals surface area contributed by atoms with E-state index in [4.69, 9.17) is 11.6 Å². The lowest BCUT2D eigenvalue weighted by Crippen LogP contribution is -2.34. The van der Waals surface area contributed by atoms with Gasteiger partial charge < -0.3 is 0 Å². The lowest BCUT2D eigenvalue weighted by Gasteiger charge is -2.27. The molecule has 23 heavy (non-hydrogen) atoms. The van der Waals surface area contributed by atoms with E-state index >= 15 is 0 Å². The first-order valence-electron chi connectivity index (χ1n) is 7.03. The smallest absolute Gasteiger partial charge is 0.244 e. The van der Waals surface area contributed by atoms with Gasteiger partial charge in [0.25, 0.3) is 0 Å². The molecule has 2 aromatic rings. The number of benzene rings is 1. The number of hydrogen-bond donors (Lipinski definition) is 0. The Morgan fingerprint density at radius 3 is 2.70 bits per heavy atom. The maximum atomic E-state index is 13.0. The predicted octanol–water partition coefficient (Wildman–Crippen LogP) is 3.38. The maximum Gasteiger partial charge on any atom is 0.244 e. The van der Waals surface area contributed by atoms with Crippen LogP contribution in [0.4, 0.5) is 0 Å². The average molecular weight is 350 g/mol. The number of rotatable bonds is 5. The number of nitriles is 1. The molecule has 0 bridgehead atoms. The normalized spacial score (nSPS) is 12.8. The van der Waals surface area contributed by atoms with Crippen LogP contribution < -0.4 is 0 Å². The highest BCUT2D eigenvalue weighted by Gasteiger charge is 2.30. The van der Waals surface area contributed by atoms with E-state index in [0.29, 0.717) is 5.02 Å². The summed E-state index contributed by atoms with van der Waals surface area (Å²) in [6, 6.07) is 9.28. The molecular weight excluding hydrogens is 334 g/mol. The molecule has 1 atom stereocenters. The average Bonchev–Trinajstić information content (AvgIpc) is 2.55. The van der Waals surface area contributed by atoms with Gasteiger partial charge in [0, 0.05) is 30.0 Å². The largest absolute Gasteiger partial charge is 0.264 e. The van der Waals surface area contributed by atoms with E-state index in [0.717, 1.165) is 5.56 Å². The monoisotopic (exact) mass is 349 g/mol. The number of nitrogens with zero attached hydrogens (tertiary/aromatic N) is 3. The van der Waals surface area contributed by atoms with Gasteiger partial charge in [-0.3, -0.25) is 4.98 Å². The van der Waals surface area contributed by atoms with Gasteiger partial charge in [-0.2, -0.15) is 9.57 Å². The van der Waals surface area contributed by atoms with Crippen molar-refractivity contribution >= 4 is 21.6 Å². The van der Waals surface area contributed by atoms with E-state index in [1.54, 1.807) is 32.3 Å². The molecule has 1 heterocycles. The first kappa shape index (κ1) is 17.4. The van der Waals surface area contributed by atoms with Gasteiger partial charge in [-0.15, -0.1) is 0 Å². The van der Waals surface area contributed by atoms with Crippen LogP contribution in [0.25, 0.3) is 0 Å². The fourth-order valence-electron chi connectivity index (χ4n) is 2.38. The summed E-state index contributed by atoms with van der Waals surface area (Å²) in [4.78, 5) is 3.99. The van der Waals surface area contributed by atoms with Gasteiger partial charge in [-0.1, -0.05) is 24.6 Å². The highest BCUT2D eigenvalue weighted by Crippen LogP contribution is 2.29. The van der Waals surface area contributed by atoms with Gasteiger partial charge in [-0.05, 0) is 36.8 Å². The topological polar surface area (TPSA) is 74.1 Å². The van der Waals surface area contributed by atoms with Crippen molar-refractivity contribution in [2.75, 3.05) is 6.54 Å². The fourth-order valence-corrected chi connectivity index (χ4v) is 4.31. The Kier molecular flexibility index (Phi) is 5.37. The van der Waals surface area contributed by atoms with Crippen LogP contribution in [-0.4, -0.2) is 24.3 Å². The quantitative estimate of drug-likeness (QED) is 0.829. The Hall–Kier alpha value is -1.94. The molecule has 0 saturated heterocycles. The molecule has 0 aliphatic rings. The molecular formula is C16H16ClN3O2S. The van der Waals surface area contributed by atoms with Crippen molar-refractivity contribution < 1.29 is 8.42 Å². The van der Waals surface area contributed by atoms with Crippen molar-refractivity contribution in [2.24, 2.45) is 0 Å². The van der Waals surface area contributed by atoms with Crippen LogP contribution in [0.1, 0.15) is 31.0 Å². The van der Waals surface area contributed by atoms with E-state index in [2.05, 4.69) is 4.98 Å². The van der Waals surface area contributed by atoms with Crippen molar-refractivity contribution in [2.45, 2.75) is 24.8 Å². The third kappa shape index (κ3) is 3.53. The van der Waals surface area contributed by atoms with Crippen LogP contribution in [0, 0.1) is 11.3 Å². The molecule has 2 rings (SSSR count). The predicted molar refractivity (Wildman–Crippen MR) is 88.4 cm³/mol. The molecule has 0 fully saturated rings. The fraction of sp³-hybridized carbons (Fsp3) is 0.250. The summed E-state index contributed by atoms with van der Waals surface area (Å²) in [7, 11) is -3.83.